The highest BCUT2D eigenvalue weighted by Crippen LogP contribution is 2.20. The van der Waals surface area contributed by atoms with Gasteiger partial charge in [0.15, 0.2) is 0 Å². The van der Waals surface area contributed by atoms with Crippen LogP contribution in [0.5, 0.6) is 0 Å². The first-order valence-electron chi connectivity index (χ1n) is 6.73. The molecule has 1 aliphatic heterocycles. The van der Waals surface area contributed by atoms with Crippen molar-refractivity contribution in [1.29, 1.82) is 0 Å². The van der Waals surface area contributed by atoms with E-state index in [4.69, 9.17) is 9.47 Å². The summed E-state index contributed by atoms with van der Waals surface area (Å²) < 4.78 is 10.5. The van der Waals surface area contributed by atoms with Crippen LogP contribution in [0.3, 0.4) is 0 Å². The molecule has 0 aromatic heterocycles. The molecule has 0 aliphatic carbocycles. The maximum Gasteiger partial charge on any atom is 0.0593 e. The number of likely N-dealkylation sites (tertiary alicyclic amines) is 1. The van der Waals surface area contributed by atoms with E-state index < -0.39 is 0 Å². The molecule has 0 saturated carbocycles. The maximum atomic E-state index is 9.43. The van der Waals surface area contributed by atoms with Gasteiger partial charge in [0.1, 0.15) is 0 Å². The summed E-state index contributed by atoms with van der Waals surface area (Å²) in [6.07, 6.45) is 4.13. The quantitative estimate of drug-likeness (QED) is 0.621. The van der Waals surface area contributed by atoms with Crippen molar-refractivity contribution >= 4 is 0 Å². The van der Waals surface area contributed by atoms with Gasteiger partial charge in [-0.3, -0.25) is 4.90 Å². The van der Waals surface area contributed by atoms with Gasteiger partial charge in [0.2, 0.25) is 0 Å². The smallest absolute Gasteiger partial charge is 0.0593 e. The summed E-state index contributed by atoms with van der Waals surface area (Å²) in [7, 11) is 1.71. The van der Waals surface area contributed by atoms with Gasteiger partial charge >= 0.3 is 0 Å². The summed E-state index contributed by atoms with van der Waals surface area (Å²) in [5.74, 6) is 0. The zero-order valence-electron chi connectivity index (χ0n) is 11.2. The normalized spacial score (nSPS) is 23.1. The highest BCUT2D eigenvalue weighted by Gasteiger charge is 2.24. The van der Waals surface area contributed by atoms with Crippen LogP contribution >= 0.6 is 0 Å². The second-order valence-corrected chi connectivity index (χ2v) is 4.88. The van der Waals surface area contributed by atoms with Crippen molar-refractivity contribution in [3.05, 3.63) is 0 Å². The predicted octanol–water partition coefficient (Wildman–Crippen LogP) is 1.27. The molecule has 2 atom stereocenters. The Morgan fingerprint density at radius 3 is 2.88 bits per heavy atom. The van der Waals surface area contributed by atoms with E-state index in [9.17, 15) is 5.11 Å². The van der Waals surface area contributed by atoms with Crippen LogP contribution in [0.15, 0.2) is 0 Å². The van der Waals surface area contributed by atoms with Crippen LogP contribution in [0.25, 0.3) is 0 Å². The molecular formula is C13H27NO3. The summed E-state index contributed by atoms with van der Waals surface area (Å²) in [4.78, 5) is 2.45. The fourth-order valence-corrected chi connectivity index (χ4v) is 2.44. The maximum absolute atomic E-state index is 9.43. The number of aliphatic hydroxyl groups excluding tert-OH is 1. The minimum Gasteiger partial charge on any atom is -0.393 e. The monoisotopic (exact) mass is 245 g/mol. The molecule has 0 aromatic carbocycles. The van der Waals surface area contributed by atoms with Crippen molar-refractivity contribution in [2.45, 2.75) is 44.8 Å². The summed E-state index contributed by atoms with van der Waals surface area (Å²) in [5.41, 5.74) is 0. The molecule has 1 N–H and O–H groups in total. The Kier molecular flexibility index (Phi) is 7.77. The first kappa shape index (κ1) is 14.9. The van der Waals surface area contributed by atoms with E-state index in [0.717, 1.165) is 45.8 Å². The molecule has 1 heterocycles. The van der Waals surface area contributed by atoms with E-state index in [-0.39, 0.29) is 6.10 Å². The first-order valence-corrected chi connectivity index (χ1v) is 6.73. The van der Waals surface area contributed by atoms with Crippen molar-refractivity contribution in [1.82, 2.24) is 4.90 Å². The van der Waals surface area contributed by atoms with Crippen molar-refractivity contribution in [3.63, 3.8) is 0 Å². The van der Waals surface area contributed by atoms with Crippen LogP contribution in [0.2, 0.25) is 0 Å². The molecule has 0 spiro atoms. The number of nitrogens with zero attached hydrogens (tertiary/aromatic N) is 1. The van der Waals surface area contributed by atoms with Gasteiger partial charge in [0.25, 0.3) is 0 Å². The zero-order chi connectivity index (χ0) is 12.5. The lowest BCUT2D eigenvalue weighted by atomic mass is 10.1. The molecule has 2 unspecified atom stereocenters. The molecule has 0 bridgehead atoms. The van der Waals surface area contributed by atoms with Crippen molar-refractivity contribution in [2.24, 2.45) is 0 Å². The van der Waals surface area contributed by atoms with E-state index in [2.05, 4.69) is 4.90 Å². The Bertz CT molecular complexity index is 188. The minimum absolute atomic E-state index is 0.191. The second-order valence-electron chi connectivity index (χ2n) is 4.88. The largest absolute Gasteiger partial charge is 0.393 e. The predicted molar refractivity (Wildman–Crippen MR) is 68.2 cm³/mol. The molecule has 17 heavy (non-hydrogen) atoms. The van der Waals surface area contributed by atoms with Crippen LogP contribution in [0.4, 0.5) is 0 Å². The fraction of sp³-hybridized carbons (Fsp3) is 1.00. The second kappa shape index (κ2) is 8.86. The summed E-state index contributed by atoms with van der Waals surface area (Å²) in [6.45, 7) is 6.36. The number of hydrogen-bond acceptors (Lipinski definition) is 4. The van der Waals surface area contributed by atoms with Crippen LogP contribution in [0, 0.1) is 0 Å². The SMILES string of the molecule is COCCCOCCN1CCCC1CC(C)O. The van der Waals surface area contributed by atoms with Crippen molar-refractivity contribution in [2.75, 3.05) is 40.0 Å². The Morgan fingerprint density at radius 2 is 2.18 bits per heavy atom. The molecule has 1 aliphatic rings. The summed E-state index contributed by atoms with van der Waals surface area (Å²) in [5, 5.41) is 9.43. The standard InChI is InChI=1S/C13H27NO3/c1-12(15)11-13-5-3-6-14(13)7-10-17-9-4-8-16-2/h12-13,15H,3-11H2,1-2H3. The third-order valence-corrected chi connectivity index (χ3v) is 3.27. The van der Waals surface area contributed by atoms with E-state index in [1.54, 1.807) is 7.11 Å². The Hall–Kier alpha value is -0.160. The van der Waals surface area contributed by atoms with Crippen LogP contribution in [-0.4, -0.2) is 62.2 Å². The molecule has 1 rings (SSSR count). The minimum atomic E-state index is -0.191. The molecule has 4 heteroatoms. The molecule has 0 amide bonds. The van der Waals surface area contributed by atoms with E-state index in [0.29, 0.717) is 6.04 Å². The lowest BCUT2D eigenvalue weighted by molar-refractivity contribution is 0.0716. The van der Waals surface area contributed by atoms with E-state index >= 15 is 0 Å². The number of aliphatic hydroxyl groups is 1. The molecular weight excluding hydrogens is 218 g/mol. The van der Waals surface area contributed by atoms with Gasteiger partial charge < -0.3 is 14.6 Å². The van der Waals surface area contributed by atoms with Gasteiger partial charge in [-0.25, -0.2) is 0 Å². The van der Waals surface area contributed by atoms with Crippen LogP contribution in [0.1, 0.15) is 32.6 Å². The Balaban J connectivity index is 2.05. The average Bonchev–Trinajstić information content (AvgIpc) is 2.70. The number of ether oxygens (including phenoxy) is 2. The fourth-order valence-electron chi connectivity index (χ4n) is 2.44. The van der Waals surface area contributed by atoms with E-state index in [1.807, 2.05) is 6.92 Å². The zero-order valence-corrected chi connectivity index (χ0v) is 11.2. The van der Waals surface area contributed by atoms with Gasteiger partial charge in [-0.2, -0.15) is 0 Å². The van der Waals surface area contributed by atoms with Crippen molar-refractivity contribution in [3.8, 4) is 0 Å². The van der Waals surface area contributed by atoms with E-state index in [1.165, 1.54) is 12.8 Å². The van der Waals surface area contributed by atoms with Gasteiger partial charge in [0.05, 0.1) is 12.7 Å². The summed E-state index contributed by atoms with van der Waals surface area (Å²) >= 11 is 0. The van der Waals surface area contributed by atoms with Crippen molar-refractivity contribution < 1.29 is 14.6 Å². The Morgan fingerprint density at radius 1 is 1.35 bits per heavy atom. The molecule has 1 fully saturated rings. The third-order valence-electron chi connectivity index (χ3n) is 3.27. The summed E-state index contributed by atoms with van der Waals surface area (Å²) in [6, 6.07) is 0.553. The van der Waals surface area contributed by atoms with Crippen LogP contribution in [-0.2, 0) is 9.47 Å². The molecule has 0 aromatic rings. The molecule has 4 nitrogen and oxygen atoms in total. The highest BCUT2D eigenvalue weighted by atomic mass is 16.5. The Labute approximate surface area is 105 Å². The van der Waals surface area contributed by atoms with Gasteiger partial charge in [-0.15, -0.1) is 0 Å². The number of hydrogen-bond donors (Lipinski definition) is 1. The highest BCUT2D eigenvalue weighted by molar-refractivity contribution is 4.80. The first-order chi connectivity index (χ1) is 8.24. The topological polar surface area (TPSA) is 41.9 Å². The molecule has 0 radical (unpaired) electrons. The van der Waals surface area contributed by atoms with Gasteiger partial charge in [0, 0.05) is 32.9 Å². The van der Waals surface area contributed by atoms with Gasteiger partial charge in [-0.1, -0.05) is 0 Å². The average molecular weight is 245 g/mol. The lowest BCUT2D eigenvalue weighted by Gasteiger charge is -2.25. The lowest BCUT2D eigenvalue weighted by Crippen LogP contribution is -2.34. The number of methoxy groups -OCH3 is 1. The third kappa shape index (κ3) is 6.36. The number of rotatable bonds is 9. The van der Waals surface area contributed by atoms with Crippen LogP contribution < -0.4 is 0 Å². The molecule has 1 saturated heterocycles. The van der Waals surface area contributed by atoms with Gasteiger partial charge in [-0.05, 0) is 39.2 Å². The molecule has 102 valence electrons.